The van der Waals surface area contributed by atoms with Crippen molar-refractivity contribution in [2.75, 3.05) is 6.61 Å². The van der Waals surface area contributed by atoms with Crippen LogP contribution in [0.1, 0.15) is 23.6 Å². The Morgan fingerprint density at radius 2 is 1.71 bits per heavy atom. The summed E-state index contributed by atoms with van der Waals surface area (Å²) in [7, 11) is 0. The second kappa shape index (κ2) is 11.1. The van der Waals surface area contributed by atoms with Gasteiger partial charge < -0.3 is 9.47 Å². The summed E-state index contributed by atoms with van der Waals surface area (Å²) in [6.07, 6.45) is 1.56. The van der Waals surface area contributed by atoms with Crippen LogP contribution in [0.3, 0.4) is 0 Å². The molecule has 0 atom stereocenters. The predicted octanol–water partition coefficient (Wildman–Crippen LogP) is 6.24. The Labute approximate surface area is 221 Å². The van der Waals surface area contributed by atoms with Gasteiger partial charge in [-0.05, 0) is 61.0 Å². The third-order valence-corrected chi connectivity index (χ3v) is 6.34. The zero-order valence-corrected chi connectivity index (χ0v) is 21.1. The molecule has 0 saturated carbocycles. The molecule has 0 spiro atoms. The highest BCUT2D eigenvalue weighted by Crippen LogP contribution is 2.40. The number of thioether (sulfide) groups is 1. The summed E-state index contributed by atoms with van der Waals surface area (Å²) < 4.78 is 11.3. The van der Waals surface area contributed by atoms with Gasteiger partial charge in [-0.1, -0.05) is 35.9 Å². The normalized spacial score (nSPS) is 14.2. The van der Waals surface area contributed by atoms with Gasteiger partial charge in [0.1, 0.15) is 0 Å². The second-order valence-electron chi connectivity index (χ2n) is 8.16. The Hall–Kier alpha value is -4.71. The molecule has 12 heteroatoms. The zero-order valence-electron chi connectivity index (χ0n) is 20.3. The number of carbonyl (C=O) groups excluding carboxylic acids is 2. The number of ether oxygens (including phenoxy) is 2. The number of nitrogens with zero attached hydrogens (tertiary/aromatic N) is 3. The number of imide groups is 1. The molecule has 0 unspecified atom stereocenters. The van der Waals surface area contributed by atoms with Crippen LogP contribution in [-0.2, 0) is 11.3 Å². The first-order valence-corrected chi connectivity index (χ1v) is 12.2. The molecule has 0 aromatic heterocycles. The molecule has 0 bridgehead atoms. The first-order valence-electron chi connectivity index (χ1n) is 11.3. The van der Waals surface area contributed by atoms with Gasteiger partial charge in [0.15, 0.2) is 11.5 Å². The van der Waals surface area contributed by atoms with Crippen molar-refractivity contribution in [3.05, 3.63) is 102 Å². The monoisotopic (exact) mass is 535 g/mol. The maximum Gasteiger partial charge on any atom is 0.318 e. The van der Waals surface area contributed by atoms with Crippen LogP contribution in [0.5, 0.6) is 17.2 Å². The summed E-state index contributed by atoms with van der Waals surface area (Å²) in [5.41, 5.74) is 1.39. The van der Waals surface area contributed by atoms with Gasteiger partial charge >= 0.3 is 5.69 Å². The van der Waals surface area contributed by atoms with E-state index in [4.69, 9.17) is 9.47 Å². The number of benzene rings is 3. The van der Waals surface area contributed by atoms with Crippen molar-refractivity contribution < 1.29 is 28.9 Å². The molecule has 3 aromatic rings. The van der Waals surface area contributed by atoms with E-state index >= 15 is 0 Å². The highest BCUT2D eigenvalue weighted by molar-refractivity contribution is 8.18. The topological polar surface area (TPSA) is 142 Å². The highest BCUT2D eigenvalue weighted by atomic mass is 32.2. The van der Waals surface area contributed by atoms with Gasteiger partial charge in [-0.25, -0.2) is 0 Å². The van der Waals surface area contributed by atoms with E-state index in [1.54, 1.807) is 25.1 Å². The summed E-state index contributed by atoms with van der Waals surface area (Å²) in [5, 5.41) is 22.1. The van der Waals surface area contributed by atoms with Crippen molar-refractivity contribution in [2.24, 2.45) is 0 Å². The Bertz CT molecular complexity index is 1490. The first-order chi connectivity index (χ1) is 18.2. The van der Waals surface area contributed by atoms with E-state index in [9.17, 15) is 29.8 Å². The molecule has 1 fully saturated rings. The first kappa shape index (κ1) is 26.4. The largest absolute Gasteiger partial charge is 0.490 e. The van der Waals surface area contributed by atoms with Crippen LogP contribution < -0.4 is 9.47 Å². The van der Waals surface area contributed by atoms with E-state index in [0.717, 1.165) is 41.1 Å². The average molecular weight is 536 g/mol. The quantitative estimate of drug-likeness (QED) is 0.177. The lowest BCUT2D eigenvalue weighted by Crippen LogP contribution is -2.27. The van der Waals surface area contributed by atoms with Crippen LogP contribution in [-0.4, -0.2) is 32.5 Å². The summed E-state index contributed by atoms with van der Waals surface area (Å²) in [4.78, 5) is 47.9. The van der Waals surface area contributed by atoms with Crippen LogP contribution in [0.4, 0.5) is 16.2 Å². The molecule has 0 radical (unpaired) electrons. The standard InChI is InChI=1S/C26H21N3O8S/c1-3-36-23-12-17(7-9-22(23)37-21-10-8-19(28(32)33)14-20(21)29(34)35)13-24-25(30)27(26(31)38-24)15-18-6-4-5-16(2)11-18/h4-14H,3,15H2,1-2H3/b24-13-. The number of carbonyl (C=O) groups is 2. The molecule has 3 aromatic carbocycles. The van der Waals surface area contributed by atoms with E-state index in [-0.39, 0.29) is 40.5 Å². The molecule has 0 N–H and O–H groups in total. The van der Waals surface area contributed by atoms with Crippen LogP contribution in [0.25, 0.3) is 6.08 Å². The third kappa shape index (κ3) is 5.81. The fourth-order valence-electron chi connectivity index (χ4n) is 3.71. The van der Waals surface area contributed by atoms with Crippen molar-refractivity contribution in [1.82, 2.24) is 4.90 Å². The van der Waals surface area contributed by atoms with Gasteiger partial charge in [0.05, 0.1) is 34.0 Å². The zero-order chi connectivity index (χ0) is 27.4. The van der Waals surface area contributed by atoms with Gasteiger partial charge in [-0.2, -0.15) is 0 Å². The van der Waals surface area contributed by atoms with Crippen LogP contribution in [0.15, 0.2) is 65.6 Å². The van der Waals surface area contributed by atoms with Crippen molar-refractivity contribution in [2.45, 2.75) is 20.4 Å². The number of rotatable bonds is 9. The summed E-state index contributed by atoms with van der Waals surface area (Å²) in [6, 6.07) is 15.3. The minimum atomic E-state index is -0.774. The summed E-state index contributed by atoms with van der Waals surface area (Å²) in [6.45, 7) is 4.08. The summed E-state index contributed by atoms with van der Waals surface area (Å²) >= 11 is 0.831. The molecule has 0 aliphatic carbocycles. The number of hydrogen-bond donors (Lipinski definition) is 0. The van der Waals surface area contributed by atoms with Crippen LogP contribution >= 0.6 is 11.8 Å². The molecule has 1 aliphatic heterocycles. The van der Waals surface area contributed by atoms with Gasteiger partial charge in [0, 0.05) is 6.07 Å². The van der Waals surface area contributed by atoms with E-state index < -0.39 is 27.1 Å². The lowest BCUT2D eigenvalue weighted by molar-refractivity contribution is -0.394. The van der Waals surface area contributed by atoms with Crippen molar-refractivity contribution >= 4 is 40.4 Å². The lowest BCUT2D eigenvalue weighted by Gasteiger charge is -2.13. The molecule has 11 nitrogen and oxygen atoms in total. The molecule has 194 valence electrons. The minimum Gasteiger partial charge on any atom is -0.490 e. The van der Waals surface area contributed by atoms with Gasteiger partial charge in [-0.3, -0.25) is 34.7 Å². The molecule has 4 rings (SSSR count). The summed E-state index contributed by atoms with van der Waals surface area (Å²) in [5.74, 6) is -0.255. The Kier molecular flexibility index (Phi) is 7.72. The number of nitro groups is 2. The second-order valence-corrected chi connectivity index (χ2v) is 9.16. The Balaban J connectivity index is 1.60. The van der Waals surface area contributed by atoms with Gasteiger partial charge in [0.25, 0.3) is 16.8 Å². The maximum atomic E-state index is 13.0. The number of amides is 2. The Morgan fingerprint density at radius 3 is 2.39 bits per heavy atom. The fraction of sp³-hybridized carbons (Fsp3) is 0.154. The van der Waals surface area contributed by atoms with Crippen LogP contribution in [0.2, 0.25) is 0 Å². The lowest BCUT2D eigenvalue weighted by atomic mass is 10.1. The molecule has 1 saturated heterocycles. The maximum absolute atomic E-state index is 13.0. The number of nitro benzene ring substituents is 2. The Morgan fingerprint density at radius 1 is 0.947 bits per heavy atom. The molecule has 2 amide bonds. The number of non-ortho nitro benzene ring substituents is 1. The predicted molar refractivity (Wildman–Crippen MR) is 140 cm³/mol. The average Bonchev–Trinajstić information content (AvgIpc) is 3.13. The highest BCUT2D eigenvalue weighted by Gasteiger charge is 2.35. The van der Waals surface area contributed by atoms with Crippen LogP contribution in [0, 0.1) is 27.2 Å². The van der Waals surface area contributed by atoms with E-state index in [1.165, 1.54) is 11.0 Å². The molecule has 1 aliphatic rings. The number of hydrogen-bond acceptors (Lipinski definition) is 9. The van der Waals surface area contributed by atoms with E-state index in [2.05, 4.69) is 0 Å². The number of aryl methyl sites for hydroxylation is 1. The molecule has 38 heavy (non-hydrogen) atoms. The van der Waals surface area contributed by atoms with E-state index in [0.29, 0.717) is 5.56 Å². The molecular weight excluding hydrogens is 514 g/mol. The molecule has 1 heterocycles. The fourth-order valence-corrected chi connectivity index (χ4v) is 4.55. The van der Waals surface area contributed by atoms with Crippen molar-refractivity contribution in [3.63, 3.8) is 0 Å². The van der Waals surface area contributed by atoms with Crippen molar-refractivity contribution in [1.29, 1.82) is 0 Å². The van der Waals surface area contributed by atoms with E-state index in [1.807, 2.05) is 31.2 Å². The SMILES string of the molecule is CCOc1cc(/C=C2\SC(=O)N(Cc3cccc(C)c3)C2=O)ccc1Oc1ccc([N+](=O)[O-])cc1[N+](=O)[O-]. The van der Waals surface area contributed by atoms with Gasteiger partial charge in [0.2, 0.25) is 5.75 Å². The van der Waals surface area contributed by atoms with Gasteiger partial charge in [-0.15, -0.1) is 0 Å². The smallest absolute Gasteiger partial charge is 0.318 e. The van der Waals surface area contributed by atoms with Crippen molar-refractivity contribution in [3.8, 4) is 17.2 Å². The minimum absolute atomic E-state index is 0.133. The molecular formula is C26H21N3O8S. The third-order valence-electron chi connectivity index (χ3n) is 5.43.